The molecule has 0 aliphatic heterocycles. The van der Waals surface area contributed by atoms with Crippen LogP contribution in [0.2, 0.25) is 0 Å². The van der Waals surface area contributed by atoms with Gasteiger partial charge in [0.15, 0.2) is 6.10 Å². The molecule has 1 aromatic rings. The summed E-state index contributed by atoms with van der Waals surface area (Å²) in [6.45, 7) is 2.10. The zero-order valence-electron chi connectivity index (χ0n) is 12.5. The number of carbonyl (C=O) groups is 2. The topological polar surface area (TPSA) is 66.8 Å². The average Bonchev–Trinajstić information content (AvgIpc) is 2.46. The van der Waals surface area contributed by atoms with Crippen molar-refractivity contribution < 1.29 is 19.4 Å². The van der Waals surface area contributed by atoms with Crippen LogP contribution in [-0.2, 0) is 9.59 Å². The van der Waals surface area contributed by atoms with Gasteiger partial charge in [-0.2, -0.15) is 0 Å². The summed E-state index contributed by atoms with van der Waals surface area (Å²) in [5.74, 6) is -0.365. The SMILES string of the molecule is CSc1ccc(OC(C)C(=O)N(C)CCCC(=O)O)cc1. The van der Waals surface area contributed by atoms with Crippen molar-refractivity contribution in [3.63, 3.8) is 0 Å². The Balaban J connectivity index is 2.47. The fraction of sp³-hybridized carbons (Fsp3) is 0.467. The molecule has 0 saturated heterocycles. The van der Waals surface area contributed by atoms with Crippen LogP contribution in [0.25, 0.3) is 0 Å². The lowest BCUT2D eigenvalue weighted by molar-refractivity contribution is -0.139. The second kappa shape index (κ2) is 8.56. The van der Waals surface area contributed by atoms with Gasteiger partial charge in [-0.3, -0.25) is 9.59 Å². The summed E-state index contributed by atoms with van der Waals surface area (Å²) in [4.78, 5) is 25.2. The molecule has 0 aliphatic rings. The number of aliphatic carboxylic acids is 1. The average molecular weight is 311 g/mol. The number of rotatable bonds is 8. The molecule has 0 heterocycles. The number of carboxylic acid groups (broad SMARTS) is 1. The molecule has 0 saturated carbocycles. The van der Waals surface area contributed by atoms with Crippen LogP contribution in [-0.4, -0.2) is 47.8 Å². The van der Waals surface area contributed by atoms with Crippen LogP contribution in [0, 0.1) is 0 Å². The number of thioether (sulfide) groups is 1. The third-order valence-electron chi connectivity index (χ3n) is 2.98. The molecule has 0 fully saturated rings. The maximum atomic E-state index is 12.1. The Bertz CT molecular complexity index is 475. The highest BCUT2D eigenvalue weighted by atomic mass is 32.2. The molecule has 0 radical (unpaired) electrons. The minimum absolute atomic E-state index is 0.0585. The Labute approximate surface area is 129 Å². The van der Waals surface area contributed by atoms with Gasteiger partial charge >= 0.3 is 5.97 Å². The summed E-state index contributed by atoms with van der Waals surface area (Å²) in [7, 11) is 1.65. The minimum atomic E-state index is -0.853. The third-order valence-corrected chi connectivity index (χ3v) is 3.72. The summed E-state index contributed by atoms with van der Waals surface area (Å²) in [6.07, 6.45) is 1.89. The first-order valence-electron chi connectivity index (χ1n) is 6.71. The lowest BCUT2D eigenvalue weighted by Crippen LogP contribution is -2.38. The Hall–Kier alpha value is -1.69. The van der Waals surface area contributed by atoms with Gasteiger partial charge in [0.1, 0.15) is 5.75 Å². The molecule has 1 N–H and O–H groups in total. The number of nitrogens with zero attached hydrogens (tertiary/aromatic N) is 1. The van der Waals surface area contributed by atoms with Crippen LogP contribution in [0.3, 0.4) is 0 Å². The first kappa shape index (κ1) is 17.4. The normalized spacial score (nSPS) is 11.8. The summed E-state index contributed by atoms with van der Waals surface area (Å²) in [5, 5.41) is 8.58. The predicted molar refractivity (Wildman–Crippen MR) is 82.8 cm³/mol. The van der Waals surface area contributed by atoms with E-state index in [-0.39, 0.29) is 12.3 Å². The molecule has 1 unspecified atom stereocenters. The number of ether oxygens (including phenoxy) is 1. The summed E-state index contributed by atoms with van der Waals surface area (Å²) < 4.78 is 5.61. The van der Waals surface area contributed by atoms with Crippen LogP contribution in [0.1, 0.15) is 19.8 Å². The summed E-state index contributed by atoms with van der Waals surface area (Å²) >= 11 is 1.64. The number of carboxylic acids is 1. The van der Waals surface area contributed by atoms with Crippen molar-refractivity contribution in [3.8, 4) is 5.75 Å². The first-order chi connectivity index (χ1) is 9.93. The molecule has 116 valence electrons. The molecule has 0 bridgehead atoms. The molecule has 0 aromatic heterocycles. The molecule has 1 aromatic carbocycles. The van der Waals surface area contributed by atoms with Gasteiger partial charge in [0.05, 0.1) is 0 Å². The highest BCUT2D eigenvalue weighted by Crippen LogP contribution is 2.20. The molecular formula is C15H21NO4S. The fourth-order valence-electron chi connectivity index (χ4n) is 1.80. The Morgan fingerprint density at radius 2 is 1.95 bits per heavy atom. The van der Waals surface area contributed by atoms with Crippen molar-refractivity contribution in [3.05, 3.63) is 24.3 Å². The minimum Gasteiger partial charge on any atom is -0.481 e. The third kappa shape index (κ3) is 6.08. The molecule has 6 heteroatoms. The second-order valence-electron chi connectivity index (χ2n) is 4.69. The van der Waals surface area contributed by atoms with E-state index in [1.54, 1.807) is 25.7 Å². The summed E-state index contributed by atoms with van der Waals surface area (Å²) in [6, 6.07) is 7.54. The Morgan fingerprint density at radius 3 is 2.48 bits per heavy atom. The van der Waals surface area contributed by atoms with E-state index in [0.717, 1.165) is 4.90 Å². The Morgan fingerprint density at radius 1 is 1.33 bits per heavy atom. The smallest absolute Gasteiger partial charge is 0.303 e. The predicted octanol–water partition coefficient (Wildman–Crippen LogP) is 2.50. The summed E-state index contributed by atoms with van der Waals surface area (Å²) in [5.41, 5.74) is 0. The van der Waals surface area contributed by atoms with Crippen LogP contribution >= 0.6 is 11.8 Å². The van der Waals surface area contributed by atoms with E-state index < -0.39 is 12.1 Å². The van der Waals surface area contributed by atoms with Crippen molar-refractivity contribution in [2.24, 2.45) is 0 Å². The molecule has 21 heavy (non-hydrogen) atoms. The standard InChI is InChI=1S/C15H21NO4S/c1-11(15(19)16(2)10-4-5-14(17)18)20-12-6-8-13(21-3)9-7-12/h6-9,11H,4-5,10H2,1-3H3,(H,17,18). The first-order valence-corrected chi connectivity index (χ1v) is 7.94. The lowest BCUT2D eigenvalue weighted by Gasteiger charge is -2.22. The van der Waals surface area contributed by atoms with Crippen molar-refractivity contribution in [2.45, 2.75) is 30.8 Å². The van der Waals surface area contributed by atoms with Crippen molar-refractivity contribution in [2.75, 3.05) is 19.8 Å². The largest absolute Gasteiger partial charge is 0.481 e. The number of likely N-dealkylation sites (N-methyl/N-ethyl adjacent to an activating group) is 1. The van der Waals surface area contributed by atoms with Crippen LogP contribution in [0.15, 0.2) is 29.2 Å². The van der Waals surface area contributed by atoms with Gasteiger partial charge in [0.2, 0.25) is 0 Å². The van der Waals surface area contributed by atoms with Gasteiger partial charge in [-0.1, -0.05) is 0 Å². The van der Waals surface area contributed by atoms with Gasteiger partial charge < -0.3 is 14.7 Å². The van der Waals surface area contributed by atoms with Gasteiger partial charge in [-0.25, -0.2) is 0 Å². The molecule has 1 amide bonds. The van der Waals surface area contributed by atoms with E-state index in [1.165, 1.54) is 4.90 Å². The van der Waals surface area contributed by atoms with E-state index in [9.17, 15) is 9.59 Å². The fourth-order valence-corrected chi connectivity index (χ4v) is 2.21. The number of benzene rings is 1. The van der Waals surface area contributed by atoms with Crippen molar-refractivity contribution in [1.29, 1.82) is 0 Å². The number of hydrogen-bond acceptors (Lipinski definition) is 4. The van der Waals surface area contributed by atoms with Crippen molar-refractivity contribution >= 4 is 23.6 Å². The second-order valence-corrected chi connectivity index (χ2v) is 5.57. The molecular weight excluding hydrogens is 290 g/mol. The Kier molecular flexibility index (Phi) is 7.08. The van der Waals surface area contributed by atoms with E-state index in [0.29, 0.717) is 18.7 Å². The molecule has 1 rings (SSSR count). The molecule has 5 nitrogen and oxygen atoms in total. The maximum absolute atomic E-state index is 12.1. The van der Waals surface area contributed by atoms with E-state index in [2.05, 4.69) is 0 Å². The van der Waals surface area contributed by atoms with E-state index in [1.807, 2.05) is 30.5 Å². The molecule has 0 spiro atoms. The zero-order chi connectivity index (χ0) is 15.8. The maximum Gasteiger partial charge on any atom is 0.303 e. The van der Waals surface area contributed by atoms with Gasteiger partial charge in [-0.15, -0.1) is 11.8 Å². The zero-order valence-corrected chi connectivity index (χ0v) is 13.4. The number of carbonyl (C=O) groups excluding carboxylic acids is 1. The highest BCUT2D eigenvalue weighted by Gasteiger charge is 2.19. The quantitative estimate of drug-likeness (QED) is 0.747. The van der Waals surface area contributed by atoms with Gasteiger partial charge in [0, 0.05) is 24.9 Å². The van der Waals surface area contributed by atoms with Gasteiger partial charge in [-0.05, 0) is 43.9 Å². The molecule has 1 atom stereocenters. The number of hydrogen-bond donors (Lipinski definition) is 1. The highest BCUT2D eigenvalue weighted by molar-refractivity contribution is 7.98. The van der Waals surface area contributed by atoms with Crippen LogP contribution in [0.5, 0.6) is 5.75 Å². The van der Waals surface area contributed by atoms with Gasteiger partial charge in [0.25, 0.3) is 5.91 Å². The van der Waals surface area contributed by atoms with Crippen LogP contribution < -0.4 is 4.74 Å². The number of amides is 1. The molecule has 0 aliphatic carbocycles. The monoisotopic (exact) mass is 311 g/mol. The van der Waals surface area contributed by atoms with Crippen LogP contribution in [0.4, 0.5) is 0 Å². The lowest BCUT2D eigenvalue weighted by atomic mass is 10.2. The van der Waals surface area contributed by atoms with E-state index >= 15 is 0 Å². The van der Waals surface area contributed by atoms with E-state index in [4.69, 9.17) is 9.84 Å². The van der Waals surface area contributed by atoms with Crippen molar-refractivity contribution in [1.82, 2.24) is 4.90 Å².